The lowest BCUT2D eigenvalue weighted by Crippen LogP contribution is -2.45. The molecule has 1 aliphatic rings. The molecule has 2 rings (SSSR count). The highest BCUT2D eigenvalue weighted by atomic mass is 16.5. The summed E-state index contributed by atoms with van der Waals surface area (Å²) in [6.45, 7) is 4.85. The molecule has 0 bridgehead atoms. The van der Waals surface area contributed by atoms with Crippen LogP contribution in [-0.2, 0) is 11.3 Å². The average molecular weight is 269 g/mol. The molecule has 1 aromatic rings. The summed E-state index contributed by atoms with van der Waals surface area (Å²) < 4.78 is 10.6. The Hall–Kier alpha value is -1.37. The van der Waals surface area contributed by atoms with Crippen molar-refractivity contribution in [2.75, 3.05) is 13.2 Å². The van der Waals surface area contributed by atoms with Crippen molar-refractivity contribution in [2.24, 2.45) is 0 Å². The average Bonchev–Trinajstić information content (AvgIpc) is 2.84. The Kier molecular flexibility index (Phi) is 3.93. The smallest absolute Gasteiger partial charge is 0.372 e. The first kappa shape index (κ1) is 14.0. The lowest BCUT2D eigenvalue weighted by molar-refractivity contribution is -0.0265. The number of carboxylic acids is 1. The Labute approximate surface area is 111 Å². The summed E-state index contributed by atoms with van der Waals surface area (Å²) in [5.74, 6) is -0.557. The molecule has 19 heavy (non-hydrogen) atoms. The molecule has 1 saturated heterocycles. The predicted molar refractivity (Wildman–Crippen MR) is 67.1 cm³/mol. The lowest BCUT2D eigenvalue weighted by Gasteiger charge is -2.26. The fourth-order valence-corrected chi connectivity index (χ4v) is 2.25. The van der Waals surface area contributed by atoms with Crippen molar-refractivity contribution < 1.29 is 24.2 Å². The maximum atomic E-state index is 10.8. The number of nitrogens with one attached hydrogen (secondary N) is 1. The van der Waals surface area contributed by atoms with Crippen LogP contribution in [0.3, 0.4) is 0 Å². The van der Waals surface area contributed by atoms with Crippen LogP contribution < -0.4 is 5.32 Å². The molecule has 2 heterocycles. The van der Waals surface area contributed by atoms with E-state index in [2.05, 4.69) is 5.32 Å². The summed E-state index contributed by atoms with van der Waals surface area (Å²) in [7, 11) is 0. The number of aliphatic hydroxyl groups is 1. The van der Waals surface area contributed by atoms with Gasteiger partial charge in [0.05, 0.1) is 12.6 Å². The molecular formula is C13H19NO5. The molecule has 0 spiro atoms. The van der Waals surface area contributed by atoms with Gasteiger partial charge in [0, 0.05) is 25.1 Å². The number of hydrogen-bond acceptors (Lipinski definition) is 5. The van der Waals surface area contributed by atoms with E-state index in [0.717, 1.165) is 0 Å². The Morgan fingerprint density at radius 3 is 2.89 bits per heavy atom. The molecule has 0 amide bonds. The SMILES string of the molecule is Cc1cc(CNCC2(O)CCOC2C)oc1C(=O)O. The van der Waals surface area contributed by atoms with Crippen LogP contribution in [0, 0.1) is 6.92 Å². The topological polar surface area (TPSA) is 91.9 Å². The van der Waals surface area contributed by atoms with Crippen LogP contribution >= 0.6 is 0 Å². The highest BCUT2D eigenvalue weighted by Crippen LogP contribution is 2.25. The van der Waals surface area contributed by atoms with E-state index in [4.69, 9.17) is 14.3 Å². The van der Waals surface area contributed by atoms with E-state index in [-0.39, 0.29) is 11.9 Å². The quantitative estimate of drug-likeness (QED) is 0.736. The van der Waals surface area contributed by atoms with E-state index in [0.29, 0.717) is 37.4 Å². The normalized spacial score (nSPS) is 26.8. The summed E-state index contributed by atoms with van der Waals surface area (Å²) in [4.78, 5) is 10.8. The highest BCUT2D eigenvalue weighted by molar-refractivity contribution is 5.86. The Morgan fingerprint density at radius 1 is 1.63 bits per heavy atom. The van der Waals surface area contributed by atoms with Crippen molar-refractivity contribution in [1.82, 2.24) is 5.32 Å². The van der Waals surface area contributed by atoms with Gasteiger partial charge in [0.15, 0.2) is 0 Å². The number of aromatic carboxylic acids is 1. The third kappa shape index (κ3) is 2.97. The minimum Gasteiger partial charge on any atom is -0.475 e. The van der Waals surface area contributed by atoms with Gasteiger partial charge in [0.25, 0.3) is 0 Å². The molecule has 2 atom stereocenters. The molecule has 1 fully saturated rings. The van der Waals surface area contributed by atoms with Gasteiger partial charge in [-0.15, -0.1) is 0 Å². The molecule has 1 aromatic heterocycles. The summed E-state index contributed by atoms with van der Waals surface area (Å²) in [5, 5.41) is 22.2. The van der Waals surface area contributed by atoms with Crippen LogP contribution in [-0.4, -0.2) is 41.0 Å². The van der Waals surface area contributed by atoms with E-state index in [1.807, 2.05) is 6.92 Å². The maximum Gasteiger partial charge on any atom is 0.372 e. The van der Waals surface area contributed by atoms with E-state index < -0.39 is 11.6 Å². The summed E-state index contributed by atoms with van der Waals surface area (Å²) in [6, 6.07) is 1.69. The summed E-state index contributed by atoms with van der Waals surface area (Å²) >= 11 is 0. The fourth-order valence-electron chi connectivity index (χ4n) is 2.25. The predicted octanol–water partition coefficient (Wildman–Crippen LogP) is 0.916. The summed E-state index contributed by atoms with van der Waals surface area (Å²) in [6.07, 6.45) is 0.395. The molecule has 0 aromatic carbocycles. The highest BCUT2D eigenvalue weighted by Gasteiger charge is 2.39. The van der Waals surface area contributed by atoms with Gasteiger partial charge in [-0.3, -0.25) is 0 Å². The van der Waals surface area contributed by atoms with E-state index >= 15 is 0 Å². The van der Waals surface area contributed by atoms with Gasteiger partial charge in [-0.2, -0.15) is 0 Å². The Balaban J connectivity index is 1.89. The van der Waals surface area contributed by atoms with Crippen LogP contribution in [0.15, 0.2) is 10.5 Å². The third-order valence-electron chi connectivity index (χ3n) is 3.55. The van der Waals surface area contributed by atoms with Crippen molar-refractivity contribution in [3.05, 3.63) is 23.2 Å². The second kappa shape index (κ2) is 5.32. The summed E-state index contributed by atoms with van der Waals surface area (Å²) in [5.41, 5.74) is -0.266. The fraction of sp³-hybridized carbons (Fsp3) is 0.615. The van der Waals surface area contributed by atoms with Crippen LogP contribution in [0.5, 0.6) is 0 Å². The van der Waals surface area contributed by atoms with E-state index in [1.165, 1.54) is 0 Å². The zero-order chi connectivity index (χ0) is 14.0. The second-order valence-electron chi connectivity index (χ2n) is 5.00. The van der Waals surface area contributed by atoms with Gasteiger partial charge >= 0.3 is 5.97 Å². The minimum atomic E-state index is -1.07. The first-order valence-corrected chi connectivity index (χ1v) is 6.30. The molecule has 3 N–H and O–H groups in total. The first-order chi connectivity index (χ1) is 8.92. The number of aryl methyl sites for hydroxylation is 1. The van der Waals surface area contributed by atoms with E-state index in [1.54, 1.807) is 13.0 Å². The molecule has 106 valence electrons. The van der Waals surface area contributed by atoms with Crippen LogP contribution in [0.1, 0.15) is 35.2 Å². The van der Waals surface area contributed by atoms with Gasteiger partial charge in [-0.1, -0.05) is 0 Å². The molecular weight excluding hydrogens is 250 g/mol. The van der Waals surface area contributed by atoms with Gasteiger partial charge < -0.3 is 24.7 Å². The van der Waals surface area contributed by atoms with Crippen LogP contribution in [0.4, 0.5) is 0 Å². The second-order valence-corrected chi connectivity index (χ2v) is 5.00. The third-order valence-corrected chi connectivity index (χ3v) is 3.55. The molecule has 6 heteroatoms. The molecule has 1 aliphatic heterocycles. The van der Waals surface area contributed by atoms with Crippen molar-refractivity contribution in [3.63, 3.8) is 0 Å². The van der Waals surface area contributed by atoms with Crippen LogP contribution in [0.25, 0.3) is 0 Å². The number of carboxylic acid groups (broad SMARTS) is 1. The standard InChI is InChI=1S/C13H19NO5/c1-8-5-10(19-11(8)12(15)16)6-14-7-13(17)3-4-18-9(13)2/h5,9,14,17H,3-4,6-7H2,1-2H3,(H,15,16). The number of rotatable bonds is 5. The zero-order valence-electron chi connectivity index (χ0n) is 11.1. The molecule has 0 saturated carbocycles. The van der Waals surface area contributed by atoms with Crippen molar-refractivity contribution in [3.8, 4) is 0 Å². The Morgan fingerprint density at radius 2 is 2.37 bits per heavy atom. The Bertz CT molecular complexity index is 470. The molecule has 0 aliphatic carbocycles. The monoisotopic (exact) mass is 269 g/mol. The van der Waals surface area contributed by atoms with Crippen molar-refractivity contribution in [2.45, 2.75) is 38.5 Å². The van der Waals surface area contributed by atoms with Gasteiger partial charge in [0.1, 0.15) is 11.4 Å². The van der Waals surface area contributed by atoms with Crippen molar-refractivity contribution >= 4 is 5.97 Å². The molecule has 6 nitrogen and oxygen atoms in total. The zero-order valence-corrected chi connectivity index (χ0v) is 11.1. The largest absolute Gasteiger partial charge is 0.475 e. The van der Waals surface area contributed by atoms with Gasteiger partial charge in [0.2, 0.25) is 5.76 Å². The molecule has 2 unspecified atom stereocenters. The van der Waals surface area contributed by atoms with E-state index in [9.17, 15) is 9.90 Å². The van der Waals surface area contributed by atoms with Gasteiger partial charge in [-0.05, 0) is 19.9 Å². The minimum absolute atomic E-state index is 0.0342. The number of furan rings is 1. The van der Waals surface area contributed by atoms with Gasteiger partial charge in [-0.25, -0.2) is 4.79 Å². The number of hydrogen-bond donors (Lipinski definition) is 3. The lowest BCUT2D eigenvalue weighted by atomic mass is 9.97. The van der Waals surface area contributed by atoms with Crippen molar-refractivity contribution in [1.29, 1.82) is 0 Å². The number of carbonyl (C=O) groups is 1. The van der Waals surface area contributed by atoms with Crippen LogP contribution in [0.2, 0.25) is 0 Å². The maximum absolute atomic E-state index is 10.8. The first-order valence-electron chi connectivity index (χ1n) is 6.30. The molecule has 0 radical (unpaired) electrons. The number of ether oxygens (including phenoxy) is 1.